The molecule has 1 aromatic heterocycles. The number of pyridine rings is 1. The largest absolute Gasteiger partial charge is 0.619 e. The van der Waals surface area contributed by atoms with Gasteiger partial charge in [-0.1, -0.05) is 30.3 Å². The molecule has 0 radical (unpaired) electrons. The van der Waals surface area contributed by atoms with Crippen LogP contribution >= 0.6 is 0 Å². The van der Waals surface area contributed by atoms with Gasteiger partial charge in [-0.3, -0.25) is 0 Å². The van der Waals surface area contributed by atoms with Gasteiger partial charge in [0.2, 0.25) is 0 Å². The lowest BCUT2D eigenvalue weighted by molar-refractivity contribution is -0.603. The minimum atomic E-state index is -0.111. The Morgan fingerprint density at radius 2 is 1.90 bits per heavy atom. The van der Waals surface area contributed by atoms with Crippen molar-refractivity contribution in [1.82, 2.24) is 0 Å². The molecule has 0 aliphatic heterocycles. The van der Waals surface area contributed by atoms with Gasteiger partial charge in [-0.15, -0.1) is 0 Å². The van der Waals surface area contributed by atoms with Gasteiger partial charge in [0.1, 0.15) is 5.75 Å². The Kier molecular flexibility index (Phi) is 3.46. The Morgan fingerprint density at radius 3 is 2.57 bits per heavy atom. The van der Waals surface area contributed by atoms with Crippen LogP contribution in [0.4, 0.5) is 0 Å². The maximum atomic E-state index is 11.9. The highest BCUT2D eigenvalue weighted by Gasteiger charge is 2.13. The van der Waals surface area contributed by atoms with Crippen LogP contribution in [0.3, 0.4) is 0 Å². The second kappa shape index (κ2) is 5.42. The first-order valence-corrected chi connectivity index (χ1v) is 6.62. The lowest BCUT2D eigenvalue weighted by atomic mass is 9.99. The summed E-state index contributed by atoms with van der Waals surface area (Å²) in [4.78, 5) is 0. The zero-order valence-corrected chi connectivity index (χ0v) is 11.6. The highest BCUT2D eigenvalue weighted by Crippen LogP contribution is 2.32. The molecular formula is C17H15NO3. The van der Waals surface area contributed by atoms with Gasteiger partial charge in [0.25, 0.3) is 0 Å². The molecule has 0 aliphatic rings. The highest BCUT2D eigenvalue weighted by molar-refractivity contribution is 5.96. The van der Waals surface area contributed by atoms with Crippen LogP contribution in [0.1, 0.15) is 5.56 Å². The van der Waals surface area contributed by atoms with E-state index in [0.717, 1.165) is 26.6 Å². The van der Waals surface area contributed by atoms with E-state index in [1.807, 2.05) is 36.4 Å². The van der Waals surface area contributed by atoms with Crippen molar-refractivity contribution in [3.05, 3.63) is 65.6 Å². The van der Waals surface area contributed by atoms with E-state index in [2.05, 4.69) is 0 Å². The van der Waals surface area contributed by atoms with Crippen molar-refractivity contribution in [2.75, 3.05) is 7.11 Å². The first-order chi connectivity index (χ1) is 10.2. The van der Waals surface area contributed by atoms with Crippen molar-refractivity contribution in [3.8, 4) is 16.9 Å². The molecule has 21 heavy (non-hydrogen) atoms. The molecule has 1 heterocycles. The normalized spacial score (nSPS) is 10.8. The molecule has 0 saturated carbocycles. The Balaban J connectivity index is 2.34. The van der Waals surface area contributed by atoms with Gasteiger partial charge in [-0.2, -0.15) is 4.73 Å². The summed E-state index contributed by atoms with van der Waals surface area (Å²) in [6.45, 7) is -0.111. The second-order valence-corrected chi connectivity index (χ2v) is 4.81. The molecule has 3 aromatic rings. The van der Waals surface area contributed by atoms with Gasteiger partial charge < -0.3 is 15.1 Å². The number of aliphatic hydroxyl groups is 1. The molecule has 1 N–H and O–H groups in total. The minimum Gasteiger partial charge on any atom is -0.619 e. The van der Waals surface area contributed by atoms with Gasteiger partial charge in [-0.25, -0.2) is 0 Å². The van der Waals surface area contributed by atoms with Crippen molar-refractivity contribution in [3.63, 3.8) is 0 Å². The molecule has 2 aromatic carbocycles. The fourth-order valence-electron chi connectivity index (χ4n) is 2.51. The molecule has 0 unspecified atom stereocenters. The van der Waals surface area contributed by atoms with Crippen LogP contribution in [0.25, 0.3) is 21.9 Å². The van der Waals surface area contributed by atoms with E-state index in [4.69, 9.17) is 4.74 Å². The number of benzene rings is 2. The Labute approximate surface area is 122 Å². The lowest BCUT2D eigenvalue weighted by Crippen LogP contribution is -2.24. The summed E-state index contributed by atoms with van der Waals surface area (Å²) < 4.78 is 6.05. The molecule has 4 heteroatoms. The van der Waals surface area contributed by atoms with E-state index in [0.29, 0.717) is 11.3 Å². The fourth-order valence-corrected chi connectivity index (χ4v) is 2.51. The standard InChI is InChI=1S/C17H15NO3/c1-21-17-8-13-9-18(20)10-16(12-5-3-2-4-6-12)15(13)7-14(17)11-19/h2-10,19H,11H2,1H3. The molecule has 0 saturated heterocycles. The molecule has 0 atom stereocenters. The average Bonchev–Trinajstić information content (AvgIpc) is 2.53. The molecular weight excluding hydrogens is 266 g/mol. The molecule has 0 spiro atoms. The first kappa shape index (κ1) is 13.4. The Morgan fingerprint density at radius 1 is 1.14 bits per heavy atom. The van der Waals surface area contributed by atoms with E-state index in [-0.39, 0.29) is 6.61 Å². The highest BCUT2D eigenvalue weighted by atomic mass is 16.5. The number of nitrogens with zero attached hydrogens (tertiary/aromatic N) is 1. The van der Waals surface area contributed by atoms with Crippen LogP contribution in [0.15, 0.2) is 54.9 Å². The summed E-state index contributed by atoms with van der Waals surface area (Å²) in [5, 5.41) is 23.0. The zero-order chi connectivity index (χ0) is 14.8. The van der Waals surface area contributed by atoms with Crippen LogP contribution in [0.2, 0.25) is 0 Å². The molecule has 0 bridgehead atoms. The number of aliphatic hydroxyl groups excluding tert-OH is 1. The van der Waals surface area contributed by atoms with Crippen LogP contribution < -0.4 is 9.47 Å². The summed E-state index contributed by atoms with van der Waals surface area (Å²) in [6, 6.07) is 13.4. The first-order valence-electron chi connectivity index (χ1n) is 6.62. The predicted molar refractivity (Wildman–Crippen MR) is 80.8 cm³/mol. The van der Waals surface area contributed by atoms with Gasteiger partial charge in [0, 0.05) is 10.9 Å². The predicted octanol–water partition coefficient (Wildman–Crippen LogP) is 2.64. The van der Waals surface area contributed by atoms with Gasteiger partial charge in [0.05, 0.1) is 24.7 Å². The lowest BCUT2D eigenvalue weighted by Gasteiger charge is -2.11. The summed E-state index contributed by atoms with van der Waals surface area (Å²) in [5.74, 6) is 0.579. The molecule has 4 nitrogen and oxygen atoms in total. The smallest absolute Gasteiger partial charge is 0.188 e. The van der Waals surface area contributed by atoms with Crippen molar-refractivity contribution >= 4 is 10.8 Å². The molecule has 0 amide bonds. The third kappa shape index (κ3) is 2.41. The zero-order valence-electron chi connectivity index (χ0n) is 11.6. The number of rotatable bonds is 3. The van der Waals surface area contributed by atoms with E-state index in [1.165, 1.54) is 6.20 Å². The van der Waals surface area contributed by atoms with Crippen molar-refractivity contribution in [2.24, 2.45) is 0 Å². The van der Waals surface area contributed by atoms with Crippen molar-refractivity contribution in [2.45, 2.75) is 6.61 Å². The summed E-state index contributed by atoms with van der Waals surface area (Å²) >= 11 is 0. The van der Waals surface area contributed by atoms with Gasteiger partial charge in [-0.05, 0) is 17.7 Å². The number of ether oxygens (including phenoxy) is 1. The molecule has 0 aliphatic carbocycles. The van der Waals surface area contributed by atoms with Crippen LogP contribution in [0, 0.1) is 5.21 Å². The number of fused-ring (bicyclic) bond motifs is 1. The monoisotopic (exact) mass is 281 g/mol. The van der Waals surface area contributed by atoms with Crippen molar-refractivity contribution in [1.29, 1.82) is 0 Å². The molecule has 0 fully saturated rings. The van der Waals surface area contributed by atoms with Crippen LogP contribution in [-0.2, 0) is 6.61 Å². The van der Waals surface area contributed by atoms with E-state index in [1.54, 1.807) is 19.4 Å². The Hall–Kier alpha value is -2.59. The topological polar surface area (TPSA) is 56.4 Å². The molecule has 3 rings (SSSR count). The van der Waals surface area contributed by atoms with E-state index < -0.39 is 0 Å². The number of hydrogen-bond acceptors (Lipinski definition) is 3. The number of aromatic nitrogens is 1. The maximum Gasteiger partial charge on any atom is 0.188 e. The third-order valence-corrected chi connectivity index (χ3v) is 3.52. The number of hydrogen-bond donors (Lipinski definition) is 1. The van der Waals surface area contributed by atoms with Crippen LogP contribution in [0.5, 0.6) is 5.75 Å². The summed E-state index contributed by atoms with van der Waals surface area (Å²) in [5.41, 5.74) is 2.49. The van der Waals surface area contributed by atoms with Crippen molar-refractivity contribution < 1.29 is 14.6 Å². The van der Waals surface area contributed by atoms with Crippen LogP contribution in [-0.4, -0.2) is 12.2 Å². The van der Waals surface area contributed by atoms with E-state index in [9.17, 15) is 10.3 Å². The molecule has 106 valence electrons. The summed E-state index contributed by atoms with van der Waals surface area (Å²) in [6.07, 6.45) is 3.05. The van der Waals surface area contributed by atoms with Gasteiger partial charge >= 0.3 is 0 Å². The minimum absolute atomic E-state index is 0.111. The number of methoxy groups -OCH3 is 1. The van der Waals surface area contributed by atoms with E-state index >= 15 is 0 Å². The third-order valence-electron chi connectivity index (χ3n) is 3.52. The SMILES string of the molecule is COc1cc2c[n+]([O-])cc(-c3ccccc3)c2cc1CO. The Bertz CT molecular complexity index is 785. The quantitative estimate of drug-likeness (QED) is 0.593. The van der Waals surface area contributed by atoms with Gasteiger partial charge in [0.15, 0.2) is 12.4 Å². The maximum absolute atomic E-state index is 11.9. The second-order valence-electron chi connectivity index (χ2n) is 4.81. The average molecular weight is 281 g/mol. The fraction of sp³-hybridized carbons (Fsp3) is 0.118. The summed E-state index contributed by atoms with van der Waals surface area (Å²) in [7, 11) is 1.55.